The van der Waals surface area contributed by atoms with Gasteiger partial charge in [-0.25, -0.2) is 9.97 Å². The van der Waals surface area contributed by atoms with E-state index in [1.807, 2.05) is 36.4 Å². The van der Waals surface area contributed by atoms with E-state index in [1.165, 1.54) is 29.8 Å². The van der Waals surface area contributed by atoms with Crippen LogP contribution in [0.1, 0.15) is 16.3 Å². The number of methoxy groups -OCH3 is 1. The second-order valence-corrected chi connectivity index (χ2v) is 7.43. The van der Waals surface area contributed by atoms with Gasteiger partial charge in [-0.3, -0.25) is 0 Å². The van der Waals surface area contributed by atoms with Crippen molar-refractivity contribution in [3.05, 3.63) is 88.5 Å². The summed E-state index contributed by atoms with van der Waals surface area (Å²) in [5.41, 5.74) is -1.27. The highest BCUT2D eigenvalue weighted by atomic mass is 32.1. The van der Waals surface area contributed by atoms with Crippen molar-refractivity contribution in [1.29, 1.82) is 0 Å². The summed E-state index contributed by atoms with van der Waals surface area (Å²) in [6, 6.07) is 17.2. The van der Waals surface area contributed by atoms with Gasteiger partial charge in [0.05, 0.1) is 11.2 Å². The minimum absolute atomic E-state index is 0.101. The van der Waals surface area contributed by atoms with Crippen molar-refractivity contribution in [2.75, 3.05) is 7.11 Å². The van der Waals surface area contributed by atoms with Gasteiger partial charge in [0.25, 0.3) is 0 Å². The molecule has 0 bridgehead atoms. The van der Waals surface area contributed by atoms with Gasteiger partial charge < -0.3 is 9.47 Å². The highest BCUT2D eigenvalue weighted by molar-refractivity contribution is 7.09. The Morgan fingerprint density at radius 2 is 1.83 bits per heavy atom. The maximum Gasteiger partial charge on any atom is 0.428 e. The Balaban J connectivity index is 1.64. The standard InChI is InChI=1S/C22H17F3N2O2S/c1-28-21(22(23,24)25,20-26-11-12-30-20)16-6-4-7-18(13-16)29-14-17-10-9-15-5-2-3-8-19(15)27-17/h2-13H,14H2,1H3. The predicted octanol–water partition coefficient (Wildman–Crippen LogP) is 5.72. The van der Waals surface area contributed by atoms with Crippen LogP contribution < -0.4 is 4.74 Å². The zero-order valence-corrected chi connectivity index (χ0v) is 16.7. The van der Waals surface area contributed by atoms with Crippen molar-refractivity contribution in [1.82, 2.24) is 9.97 Å². The van der Waals surface area contributed by atoms with Crippen LogP contribution in [0.25, 0.3) is 10.9 Å². The zero-order chi connectivity index (χ0) is 21.2. The number of thiazole rings is 1. The number of hydrogen-bond donors (Lipinski definition) is 0. The molecule has 4 aromatic rings. The van der Waals surface area contributed by atoms with Gasteiger partial charge in [-0.05, 0) is 24.3 Å². The number of nitrogens with zero attached hydrogens (tertiary/aromatic N) is 2. The van der Waals surface area contributed by atoms with Gasteiger partial charge in [0.2, 0.25) is 5.60 Å². The molecular weight excluding hydrogens is 413 g/mol. The molecule has 0 amide bonds. The minimum atomic E-state index is -4.71. The molecule has 8 heteroatoms. The van der Waals surface area contributed by atoms with Crippen molar-refractivity contribution >= 4 is 22.2 Å². The molecule has 0 fully saturated rings. The van der Waals surface area contributed by atoms with Crippen molar-refractivity contribution in [3.8, 4) is 5.75 Å². The first-order valence-electron chi connectivity index (χ1n) is 9.04. The van der Waals surface area contributed by atoms with Crippen LogP contribution >= 0.6 is 11.3 Å². The summed E-state index contributed by atoms with van der Waals surface area (Å²) in [5, 5.41) is 2.30. The Labute approximate surface area is 174 Å². The van der Waals surface area contributed by atoms with E-state index < -0.39 is 11.8 Å². The molecule has 0 radical (unpaired) electrons. The van der Waals surface area contributed by atoms with Crippen LogP contribution in [0.15, 0.2) is 72.2 Å². The zero-order valence-electron chi connectivity index (χ0n) is 15.9. The van der Waals surface area contributed by atoms with Crippen LogP contribution in [-0.2, 0) is 16.9 Å². The molecular formula is C22H17F3N2O2S. The lowest BCUT2D eigenvalue weighted by Gasteiger charge is -2.33. The smallest absolute Gasteiger partial charge is 0.428 e. The van der Waals surface area contributed by atoms with Gasteiger partial charge in [0.15, 0.2) is 0 Å². The molecule has 4 rings (SSSR count). The number of para-hydroxylation sites is 1. The molecule has 1 atom stereocenters. The molecule has 0 aliphatic carbocycles. The number of halogens is 3. The van der Waals surface area contributed by atoms with E-state index in [0.29, 0.717) is 5.69 Å². The van der Waals surface area contributed by atoms with E-state index >= 15 is 0 Å². The summed E-state index contributed by atoms with van der Waals surface area (Å²) in [5.74, 6) is 0.282. The summed E-state index contributed by atoms with van der Waals surface area (Å²) in [7, 11) is 1.03. The summed E-state index contributed by atoms with van der Waals surface area (Å²) in [6.07, 6.45) is -3.39. The average molecular weight is 430 g/mol. The van der Waals surface area contributed by atoms with Crippen LogP contribution in [0.2, 0.25) is 0 Å². The van der Waals surface area contributed by atoms with Crippen LogP contribution in [0, 0.1) is 0 Å². The lowest BCUT2D eigenvalue weighted by Crippen LogP contribution is -2.45. The molecule has 154 valence electrons. The van der Waals surface area contributed by atoms with Crippen molar-refractivity contribution in [2.45, 2.75) is 18.4 Å². The first kappa shape index (κ1) is 20.3. The van der Waals surface area contributed by atoms with E-state index in [4.69, 9.17) is 9.47 Å². The fourth-order valence-electron chi connectivity index (χ4n) is 3.28. The van der Waals surface area contributed by atoms with Crippen molar-refractivity contribution in [3.63, 3.8) is 0 Å². The van der Waals surface area contributed by atoms with E-state index in [1.54, 1.807) is 6.07 Å². The molecule has 0 spiro atoms. The Hall–Kier alpha value is -2.97. The van der Waals surface area contributed by atoms with Crippen LogP contribution in [0.4, 0.5) is 13.2 Å². The first-order chi connectivity index (χ1) is 14.4. The molecule has 0 N–H and O–H groups in total. The molecule has 2 heterocycles. The summed E-state index contributed by atoms with van der Waals surface area (Å²) in [6.45, 7) is 0.123. The monoisotopic (exact) mass is 430 g/mol. The molecule has 0 aliphatic rings. The number of pyridine rings is 1. The second-order valence-electron chi connectivity index (χ2n) is 6.53. The van der Waals surface area contributed by atoms with Crippen LogP contribution in [0.3, 0.4) is 0 Å². The molecule has 1 unspecified atom stereocenters. The number of fused-ring (bicyclic) bond motifs is 1. The lowest BCUT2D eigenvalue weighted by atomic mass is 9.93. The average Bonchev–Trinajstić information content (AvgIpc) is 3.27. The number of ether oxygens (including phenoxy) is 2. The van der Waals surface area contributed by atoms with Crippen molar-refractivity contribution in [2.24, 2.45) is 0 Å². The van der Waals surface area contributed by atoms with Gasteiger partial charge in [-0.2, -0.15) is 13.2 Å². The van der Waals surface area contributed by atoms with Gasteiger partial charge in [0.1, 0.15) is 17.4 Å². The topological polar surface area (TPSA) is 44.2 Å². The molecule has 0 saturated heterocycles. The third kappa shape index (κ3) is 3.64. The maximum atomic E-state index is 14.1. The highest BCUT2D eigenvalue weighted by Gasteiger charge is 2.60. The minimum Gasteiger partial charge on any atom is -0.487 e. The number of benzene rings is 2. The molecule has 2 aromatic heterocycles. The quantitative estimate of drug-likeness (QED) is 0.392. The van der Waals surface area contributed by atoms with E-state index in [9.17, 15) is 13.2 Å². The fraction of sp³-hybridized carbons (Fsp3) is 0.182. The molecule has 30 heavy (non-hydrogen) atoms. The van der Waals surface area contributed by atoms with Gasteiger partial charge in [-0.1, -0.05) is 36.4 Å². The van der Waals surface area contributed by atoms with Gasteiger partial charge in [0, 0.05) is 29.6 Å². The van der Waals surface area contributed by atoms with Gasteiger partial charge in [-0.15, -0.1) is 11.3 Å². The molecule has 2 aromatic carbocycles. The second kappa shape index (κ2) is 8.04. The fourth-order valence-corrected chi connectivity index (χ4v) is 4.13. The number of hydrogen-bond acceptors (Lipinski definition) is 5. The molecule has 0 aliphatic heterocycles. The first-order valence-corrected chi connectivity index (χ1v) is 9.92. The van der Waals surface area contributed by atoms with E-state index in [2.05, 4.69) is 9.97 Å². The maximum absolute atomic E-state index is 14.1. The molecule has 4 nitrogen and oxygen atoms in total. The Kier molecular flexibility index (Phi) is 5.44. The summed E-state index contributed by atoms with van der Waals surface area (Å²) < 4.78 is 53.2. The van der Waals surface area contributed by atoms with Gasteiger partial charge >= 0.3 is 6.18 Å². The van der Waals surface area contributed by atoms with E-state index in [-0.39, 0.29) is 22.9 Å². The Morgan fingerprint density at radius 3 is 2.57 bits per heavy atom. The number of alkyl halides is 3. The predicted molar refractivity (Wildman–Crippen MR) is 108 cm³/mol. The third-order valence-electron chi connectivity index (χ3n) is 4.72. The van der Waals surface area contributed by atoms with Crippen LogP contribution in [0.5, 0.6) is 5.75 Å². The SMILES string of the molecule is COC(c1cccc(OCc2ccc3ccccc3n2)c1)(c1nccs1)C(F)(F)F. The van der Waals surface area contributed by atoms with Crippen molar-refractivity contribution < 1.29 is 22.6 Å². The Bertz CT molecular complexity index is 1150. The highest BCUT2D eigenvalue weighted by Crippen LogP contribution is 2.48. The summed E-state index contributed by atoms with van der Waals surface area (Å²) in [4.78, 5) is 8.40. The lowest BCUT2D eigenvalue weighted by molar-refractivity contribution is -0.258. The Morgan fingerprint density at radius 1 is 1.00 bits per heavy atom. The van der Waals surface area contributed by atoms with E-state index in [0.717, 1.165) is 29.3 Å². The van der Waals surface area contributed by atoms with Crippen LogP contribution in [-0.4, -0.2) is 23.3 Å². The number of aromatic nitrogens is 2. The molecule has 0 saturated carbocycles. The third-order valence-corrected chi connectivity index (χ3v) is 5.60. The summed E-state index contributed by atoms with van der Waals surface area (Å²) >= 11 is 0.886. The normalized spacial score (nSPS) is 13.9. The largest absolute Gasteiger partial charge is 0.487 e. The number of rotatable bonds is 6.